The van der Waals surface area contributed by atoms with E-state index < -0.39 is 17.8 Å². The number of aliphatic hydroxyl groups excluding tert-OH is 1. The summed E-state index contributed by atoms with van der Waals surface area (Å²) in [6.07, 6.45) is -0.00182. The molecule has 0 radical (unpaired) electrons. The van der Waals surface area contributed by atoms with Crippen LogP contribution in [0, 0.1) is 5.82 Å². The fraction of sp³-hybridized carbons (Fsp3) is 0.259. The van der Waals surface area contributed by atoms with Crippen molar-refractivity contribution < 1.29 is 28.6 Å². The molecular weight excluding hydrogens is 451 g/mol. The third-order valence-electron chi connectivity index (χ3n) is 5.48. The third kappa shape index (κ3) is 6.80. The fourth-order valence-corrected chi connectivity index (χ4v) is 3.76. The molecule has 2 N–H and O–H groups in total. The molecule has 0 aromatic heterocycles. The molecule has 0 bridgehead atoms. The van der Waals surface area contributed by atoms with Gasteiger partial charge in [-0.1, -0.05) is 48.5 Å². The molecule has 0 heterocycles. The van der Waals surface area contributed by atoms with E-state index in [1.807, 2.05) is 6.07 Å². The first-order valence-electron chi connectivity index (χ1n) is 11.1. The number of nitrogens with one attached hydrogen (secondary N) is 1. The maximum Gasteiger partial charge on any atom is 0.247 e. The van der Waals surface area contributed by atoms with Crippen LogP contribution in [-0.4, -0.2) is 49.2 Å². The third-order valence-corrected chi connectivity index (χ3v) is 5.48. The molecule has 8 heteroatoms. The molecule has 7 nitrogen and oxygen atoms in total. The van der Waals surface area contributed by atoms with Crippen LogP contribution in [0.1, 0.15) is 22.7 Å². The molecule has 0 aliphatic carbocycles. The summed E-state index contributed by atoms with van der Waals surface area (Å²) < 4.78 is 24.1. The lowest BCUT2D eigenvalue weighted by molar-refractivity contribution is -0.141. The van der Waals surface area contributed by atoms with E-state index in [9.17, 15) is 19.1 Å². The number of ether oxygens (including phenoxy) is 2. The zero-order valence-electron chi connectivity index (χ0n) is 19.7. The second-order valence-corrected chi connectivity index (χ2v) is 7.84. The van der Waals surface area contributed by atoms with E-state index in [1.165, 1.54) is 31.3 Å². The highest BCUT2D eigenvalue weighted by atomic mass is 19.1. The van der Waals surface area contributed by atoms with Crippen LogP contribution >= 0.6 is 0 Å². The van der Waals surface area contributed by atoms with Gasteiger partial charge in [-0.3, -0.25) is 9.59 Å². The smallest absolute Gasteiger partial charge is 0.247 e. The first kappa shape index (κ1) is 25.7. The highest BCUT2D eigenvalue weighted by Crippen LogP contribution is 2.29. The molecule has 35 heavy (non-hydrogen) atoms. The van der Waals surface area contributed by atoms with Crippen molar-refractivity contribution in [1.29, 1.82) is 0 Å². The van der Waals surface area contributed by atoms with E-state index in [1.54, 1.807) is 54.6 Å². The Balaban J connectivity index is 1.99. The van der Waals surface area contributed by atoms with Crippen molar-refractivity contribution in [2.24, 2.45) is 0 Å². The Bertz CT molecular complexity index is 1120. The molecule has 2 amide bonds. The van der Waals surface area contributed by atoms with Crippen molar-refractivity contribution >= 4 is 11.8 Å². The van der Waals surface area contributed by atoms with Crippen LogP contribution in [0.3, 0.4) is 0 Å². The number of carbonyl (C=O) groups is 2. The summed E-state index contributed by atoms with van der Waals surface area (Å²) in [6, 6.07) is 19.0. The van der Waals surface area contributed by atoms with Crippen LogP contribution < -0.4 is 14.8 Å². The number of carbonyl (C=O) groups excluding carboxylic acids is 2. The number of rotatable bonds is 11. The van der Waals surface area contributed by atoms with Crippen molar-refractivity contribution in [2.45, 2.75) is 19.0 Å². The molecule has 0 saturated heterocycles. The lowest BCUT2D eigenvalue weighted by Gasteiger charge is -2.32. The molecule has 1 unspecified atom stereocenters. The minimum absolute atomic E-state index is 0.00182. The summed E-state index contributed by atoms with van der Waals surface area (Å²) in [7, 11) is 3.05. The van der Waals surface area contributed by atoms with Crippen LogP contribution in [0.15, 0.2) is 72.8 Å². The molecule has 0 aliphatic rings. The lowest BCUT2D eigenvalue weighted by atomic mass is 10.0. The van der Waals surface area contributed by atoms with Gasteiger partial charge >= 0.3 is 0 Å². The van der Waals surface area contributed by atoms with E-state index >= 15 is 0 Å². The van der Waals surface area contributed by atoms with Gasteiger partial charge in [0.25, 0.3) is 0 Å². The first-order chi connectivity index (χ1) is 17.0. The Morgan fingerprint density at radius 2 is 1.60 bits per heavy atom. The van der Waals surface area contributed by atoms with Crippen LogP contribution in [0.2, 0.25) is 0 Å². The molecule has 3 aromatic rings. The van der Waals surface area contributed by atoms with Gasteiger partial charge in [-0.05, 0) is 41.0 Å². The summed E-state index contributed by atoms with van der Waals surface area (Å²) >= 11 is 0. The van der Waals surface area contributed by atoms with E-state index in [0.717, 1.165) is 0 Å². The highest BCUT2D eigenvalue weighted by molar-refractivity contribution is 5.89. The van der Waals surface area contributed by atoms with Gasteiger partial charge in [-0.25, -0.2) is 4.39 Å². The number of halogens is 1. The SMILES string of the molecule is COc1ccc(CC(=O)N(Cc2ccc(F)cc2)C(C(=O)NCCO)c2ccccc2)cc1OC. The van der Waals surface area contributed by atoms with Gasteiger partial charge in [0.15, 0.2) is 11.5 Å². The Morgan fingerprint density at radius 3 is 2.23 bits per heavy atom. The molecular formula is C27H29FN2O5. The standard InChI is InChI=1S/C27H29FN2O5/c1-34-23-13-10-20(16-24(23)35-2)17-25(32)30(18-19-8-11-22(28)12-9-19)26(27(33)29-14-15-31)21-6-4-3-5-7-21/h3-13,16,26,31H,14-15,17-18H2,1-2H3,(H,29,33). The fourth-order valence-electron chi connectivity index (χ4n) is 3.76. The van der Waals surface area contributed by atoms with Gasteiger partial charge < -0.3 is 24.8 Å². The average Bonchev–Trinajstić information content (AvgIpc) is 2.88. The summed E-state index contributed by atoms with van der Waals surface area (Å²) in [4.78, 5) is 28.4. The Hall–Kier alpha value is -3.91. The Morgan fingerprint density at radius 1 is 0.943 bits per heavy atom. The average molecular weight is 481 g/mol. The lowest BCUT2D eigenvalue weighted by Crippen LogP contribution is -2.44. The van der Waals surface area contributed by atoms with Gasteiger partial charge in [-0.15, -0.1) is 0 Å². The second-order valence-electron chi connectivity index (χ2n) is 7.84. The summed E-state index contributed by atoms with van der Waals surface area (Å²) in [6.45, 7) is -0.0975. The molecule has 1 atom stereocenters. The molecule has 0 aliphatic heterocycles. The predicted octanol–water partition coefficient (Wildman–Crippen LogP) is 3.26. The molecule has 3 aromatic carbocycles. The van der Waals surface area contributed by atoms with Crippen molar-refractivity contribution in [3.05, 3.63) is 95.3 Å². The van der Waals surface area contributed by atoms with Gasteiger partial charge in [-0.2, -0.15) is 0 Å². The topological polar surface area (TPSA) is 88.1 Å². The van der Waals surface area contributed by atoms with Crippen molar-refractivity contribution in [3.63, 3.8) is 0 Å². The van der Waals surface area contributed by atoms with Crippen LogP contribution in [0.5, 0.6) is 11.5 Å². The first-order valence-corrected chi connectivity index (χ1v) is 11.1. The molecule has 3 rings (SSSR count). The van der Waals surface area contributed by atoms with E-state index in [-0.39, 0.29) is 32.0 Å². The number of nitrogens with zero attached hydrogens (tertiary/aromatic N) is 1. The number of aliphatic hydroxyl groups is 1. The molecule has 0 fully saturated rings. The number of hydrogen-bond acceptors (Lipinski definition) is 5. The largest absolute Gasteiger partial charge is 0.493 e. The molecule has 184 valence electrons. The van der Waals surface area contributed by atoms with Crippen molar-refractivity contribution in [2.75, 3.05) is 27.4 Å². The van der Waals surface area contributed by atoms with E-state index in [2.05, 4.69) is 5.32 Å². The highest BCUT2D eigenvalue weighted by Gasteiger charge is 2.31. The second kappa shape index (κ2) is 12.5. The number of hydrogen-bond donors (Lipinski definition) is 2. The van der Waals surface area contributed by atoms with Crippen LogP contribution in [0.4, 0.5) is 4.39 Å². The summed E-state index contributed by atoms with van der Waals surface area (Å²) in [5.74, 6) is -0.0968. The number of methoxy groups -OCH3 is 2. The van der Waals surface area contributed by atoms with Crippen LogP contribution in [-0.2, 0) is 22.6 Å². The minimum Gasteiger partial charge on any atom is -0.493 e. The Labute approximate surface area is 204 Å². The van der Waals surface area contributed by atoms with Gasteiger partial charge in [0, 0.05) is 13.1 Å². The van der Waals surface area contributed by atoms with Crippen molar-refractivity contribution in [1.82, 2.24) is 10.2 Å². The zero-order chi connectivity index (χ0) is 25.2. The van der Waals surface area contributed by atoms with Gasteiger partial charge in [0.1, 0.15) is 11.9 Å². The molecule has 0 saturated carbocycles. The van der Waals surface area contributed by atoms with E-state index in [0.29, 0.717) is 28.2 Å². The number of benzene rings is 3. The maximum absolute atomic E-state index is 13.7. The van der Waals surface area contributed by atoms with Gasteiger partial charge in [0.2, 0.25) is 11.8 Å². The van der Waals surface area contributed by atoms with Crippen LogP contribution in [0.25, 0.3) is 0 Å². The minimum atomic E-state index is -0.958. The quantitative estimate of drug-likeness (QED) is 0.440. The summed E-state index contributed by atoms with van der Waals surface area (Å²) in [5, 5.41) is 11.9. The maximum atomic E-state index is 13.7. The number of amides is 2. The molecule has 0 spiro atoms. The monoisotopic (exact) mass is 480 g/mol. The van der Waals surface area contributed by atoms with E-state index in [4.69, 9.17) is 9.47 Å². The normalized spacial score (nSPS) is 11.4. The predicted molar refractivity (Wildman–Crippen MR) is 129 cm³/mol. The van der Waals surface area contributed by atoms with Gasteiger partial charge in [0.05, 0.1) is 27.2 Å². The van der Waals surface area contributed by atoms with Crippen molar-refractivity contribution in [3.8, 4) is 11.5 Å². The summed E-state index contributed by atoms with van der Waals surface area (Å²) in [5.41, 5.74) is 1.97. The zero-order valence-corrected chi connectivity index (χ0v) is 19.7. The Kier molecular flexibility index (Phi) is 9.20.